The number of aliphatic hydroxyl groups excluding tert-OH is 1. The number of aromatic carboxylic acids is 1. The van der Waals surface area contributed by atoms with E-state index in [2.05, 4.69) is 10.7 Å². The summed E-state index contributed by atoms with van der Waals surface area (Å²) in [5.74, 6) is -3.48. The number of aliphatic hydroxyl groups is 1. The highest BCUT2D eigenvalue weighted by Crippen LogP contribution is 2.31. The monoisotopic (exact) mass is 368 g/mol. The molecule has 26 heavy (non-hydrogen) atoms. The fourth-order valence-corrected chi connectivity index (χ4v) is 3.22. The molecular formula is C16H18F2N4O4. The summed E-state index contributed by atoms with van der Waals surface area (Å²) < 4.78 is 31.0. The number of hydrogen-bond acceptors (Lipinski definition) is 6. The summed E-state index contributed by atoms with van der Waals surface area (Å²) in [6, 6.07) is 0.311. The Hall–Kier alpha value is -2.72. The van der Waals surface area contributed by atoms with Crippen molar-refractivity contribution in [3.05, 3.63) is 39.7 Å². The van der Waals surface area contributed by atoms with Crippen molar-refractivity contribution in [1.29, 1.82) is 0 Å². The minimum atomic E-state index is -1.49. The second-order valence-electron chi connectivity index (χ2n) is 5.92. The number of fused-ring (bicyclic) bond motifs is 1. The van der Waals surface area contributed by atoms with E-state index in [9.17, 15) is 19.1 Å². The standard InChI is InChI=1S/C16H18F2N4O4/c1-19-22-6-10(16(25)26)15(24)9-4-11(17)14(12(18)13(9)22)21-3-2-20-5-8(21)7-23/h4,6,8,19-20,23H,2-3,5,7H2,1H3,(H,25,26). The zero-order valence-corrected chi connectivity index (χ0v) is 13.9. The van der Waals surface area contributed by atoms with Crippen LogP contribution in [0.1, 0.15) is 10.4 Å². The molecule has 0 saturated carbocycles. The average Bonchev–Trinajstić information content (AvgIpc) is 2.62. The maximum absolute atomic E-state index is 15.3. The lowest BCUT2D eigenvalue weighted by atomic mass is 10.1. The zero-order valence-electron chi connectivity index (χ0n) is 13.9. The van der Waals surface area contributed by atoms with Crippen LogP contribution in [0, 0.1) is 11.6 Å². The number of rotatable bonds is 4. The molecule has 2 heterocycles. The first-order chi connectivity index (χ1) is 12.4. The molecule has 2 aromatic rings. The summed E-state index contributed by atoms with van der Waals surface area (Å²) >= 11 is 0. The number of pyridine rings is 1. The van der Waals surface area contributed by atoms with Crippen LogP contribution in [0.15, 0.2) is 17.1 Å². The van der Waals surface area contributed by atoms with Crippen LogP contribution in [-0.4, -0.2) is 60.2 Å². The Morgan fingerprint density at radius 2 is 2.19 bits per heavy atom. The normalized spacial score (nSPS) is 17.5. The van der Waals surface area contributed by atoms with Crippen LogP contribution in [0.2, 0.25) is 0 Å². The maximum atomic E-state index is 15.3. The van der Waals surface area contributed by atoms with E-state index in [1.165, 1.54) is 11.9 Å². The number of anilines is 1. The van der Waals surface area contributed by atoms with Gasteiger partial charge in [0.05, 0.1) is 18.0 Å². The van der Waals surface area contributed by atoms with Crippen LogP contribution in [0.5, 0.6) is 0 Å². The first kappa shape index (κ1) is 18.1. The molecule has 1 saturated heterocycles. The molecule has 4 N–H and O–H groups in total. The van der Waals surface area contributed by atoms with Crippen molar-refractivity contribution in [2.75, 3.05) is 43.6 Å². The summed E-state index contributed by atoms with van der Waals surface area (Å²) in [7, 11) is 1.42. The Bertz CT molecular complexity index is 931. The fraction of sp³-hybridized carbons (Fsp3) is 0.375. The summed E-state index contributed by atoms with van der Waals surface area (Å²) in [5.41, 5.74) is 0.395. The molecular weight excluding hydrogens is 350 g/mol. The van der Waals surface area contributed by atoms with Gasteiger partial charge in [0.1, 0.15) is 22.6 Å². The minimum absolute atomic E-state index is 0.255. The summed E-state index contributed by atoms with van der Waals surface area (Å²) in [5, 5.41) is 21.3. The van der Waals surface area contributed by atoms with Crippen molar-refractivity contribution in [2.24, 2.45) is 0 Å². The summed E-state index contributed by atoms with van der Waals surface area (Å²) in [6.45, 7) is 0.788. The quantitative estimate of drug-likeness (QED) is 0.598. The molecule has 8 nitrogen and oxygen atoms in total. The third-order valence-electron chi connectivity index (χ3n) is 4.48. The topological polar surface area (TPSA) is 107 Å². The highest BCUT2D eigenvalue weighted by atomic mass is 19.1. The molecule has 0 spiro atoms. The molecule has 0 amide bonds. The molecule has 1 fully saturated rings. The molecule has 0 aliphatic carbocycles. The Kier molecular flexibility index (Phi) is 4.79. The van der Waals surface area contributed by atoms with Gasteiger partial charge >= 0.3 is 5.97 Å². The van der Waals surface area contributed by atoms with Gasteiger partial charge in [0.2, 0.25) is 5.43 Å². The van der Waals surface area contributed by atoms with Crippen LogP contribution in [0.25, 0.3) is 10.9 Å². The van der Waals surface area contributed by atoms with Gasteiger partial charge in [-0.25, -0.2) is 13.6 Å². The van der Waals surface area contributed by atoms with Crippen molar-refractivity contribution in [3.63, 3.8) is 0 Å². The van der Waals surface area contributed by atoms with Crippen molar-refractivity contribution in [3.8, 4) is 0 Å². The van der Waals surface area contributed by atoms with Crippen molar-refractivity contribution in [2.45, 2.75) is 6.04 Å². The lowest BCUT2D eigenvalue weighted by molar-refractivity contribution is 0.0695. The Morgan fingerprint density at radius 3 is 2.81 bits per heavy atom. The molecule has 3 rings (SSSR count). The second-order valence-corrected chi connectivity index (χ2v) is 5.92. The van der Waals surface area contributed by atoms with Crippen LogP contribution < -0.4 is 21.1 Å². The Balaban J connectivity index is 2.33. The smallest absolute Gasteiger partial charge is 0.341 e. The highest BCUT2D eigenvalue weighted by molar-refractivity contribution is 5.94. The van der Waals surface area contributed by atoms with E-state index < -0.39 is 34.6 Å². The van der Waals surface area contributed by atoms with Gasteiger partial charge in [-0.15, -0.1) is 0 Å². The molecule has 1 aromatic heterocycles. The maximum Gasteiger partial charge on any atom is 0.341 e. The van der Waals surface area contributed by atoms with Gasteiger partial charge in [-0.05, 0) is 6.07 Å². The number of benzene rings is 1. The lowest BCUT2D eigenvalue weighted by Crippen LogP contribution is -2.53. The number of carbonyl (C=O) groups is 1. The van der Waals surface area contributed by atoms with E-state index in [0.717, 1.165) is 16.9 Å². The molecule has 1 aromatic carbocycles. The fourth-order valence-electron chi connectivity index (χ4n) is 3.22. The third kappa shape index (κ3) is 2.76. The Morgan fingerprint density at radius 1 is 1.46 bits per heavy atom. The van der Waals surface area contributed by atoms with Crippen molar-refractivity contribution in [1.82, 2.24) is 9.99 Å². The second kappa shape index (κ2) is 6.89. The van der Waals surface area contributed by atoms with Crippen molar-refractivity contribution >= 4 is 22.6 Å². The molecule has 0 radical (unpaired) electrons. The van der Waals surface area contributed by atoms with Gasteiger partial charge in [0.25, 0.3) is 0 Å². The number of aromatic nitrogens is 1. The van der Waals surface area contributed by atoms with E-state index in [-0.39, 0.29) is 29.7 Å². The highest BCUT2D eigenvalue weighted by Gasteiger charge is 2.30. The van der Waals surface area contributed by atoms with Gasteiger partial charge in [0.15, 0.2) is 5.82 Å². The summed E-state index contributed by atoms with van der Waals surface area (Å²) in [4.78, 5) is 25.0. The number of carboxylic acid groups (broad SMARTS) is 1. The van der Waals surface area contributed by atoms with E-state index in [1.54, 1.807) is 0 Å². The number of nitrogens with zero attached hydrogens (tertiary/aromatic N) is 2. The number of halogens is 2. The predicted molar refractivity (Wildman–Crippen MR) is 91.5 cm³/mol. The van der Waals surface area contributed by atoms with E-state index in [1.807, 2.05) is 0 Å². The van der Waals surface area contributed by atoms with Gasteiger partial charge in [-0.1, -0.05) is 0 Å². The molecule has 1 unspecified atom stereocenters. The number of hydrogen-bond donors (Lipinski definition) is 4. The molecule has 0 bridgehead atoms. The summed E-state index contributed by atoms with van der Waals surface area (Å²) in [6.07, 6.45) is 0.957. The van der Waals surface area contributed by atoms with Gasteiger partial charge < -0.3 is 25.9 Å². The number of piperazine rings is 1. The van der Waals surface area contributed by atoms with E-state index in [4.69, 9.17) is 5.11 Å². The van der Waals surface area contributed by atoms with Gasteiger partial charge in [-0.3, -0.25) is 9.47 Å². The van der Waals surface area contributed by atoms with Crippen molar-refractivity contribution < 1.29 is 23.8 Å². The first-order valence-corrected chi connectivity index (χ1v) is 7.97. The molecule has 1 aliphatic heterocycles. The molecule has 1 atom stereocenters. The average molecular weight is 368 g/mol. The predicted octanol–water partition coefficient (Wildman–Crippen LogP) is -0.0783. The first-order valence-electron chi connectivity index (χ1n) is 7.97. The van der Waals surface area contributed by atoms with Crippen LogP contribution >= 0.6 is 0 Å². The van der Waals surface area contributed by atoms with E-state index in [0.29, 0.717) is 13.1 Å². The molecule has 1 aliphatic rings. The van der Waals surface area contributed by atoms with Crippen LogP contribution in [0.3, 0.4) is 0 Å². The minimum Gasteiger partial charge on any atom is -0.477 e. The zero-order chi connectivity index (χ0) is 19.0. The largest absolute Gasteiger partial charge is 0.477 e. The SMILES string of the molecule is CNn1cc(C(=O)O)c(=O)c2cc(F)c(N3CCNCC3CO)c(F)c21. The van der Waals surface area contributed by atoms with Gasteiger partial charge in [0, 0.05) is 32.9 Å². The van der Waals surface area contributed by atoms with Crippen LogP contribution in [-0.2, 0) is 0 Å². The lowest BCUT2D eigenvalue weighted by Gasteiger charge is -2.37. The third-order valence-corrected chi connectivity index (χ3v) is 4.48. The Labute approximate surface area is 146 Å². The van der Waals surface area contributed by atoms with E-state index >= 15 is 4.39 Å². The molecule has 140 valence electrons. The molecule has 10 heteroatoms. The number of nitrogens with one attached hydrogen (secondary N) is 2. The van der Waals surface area contributed by atoms with Crippen LogP contribution in [0.4, 0.5) is 14.5 Å². The number of carboxylic acids is 1. The van der Waals surface area contributed by atoms with Gasteiger partial charge in [-0.2, -0.15) is 0 Å².